The number of rotatable bonds is 2. The third-order valence-electron chi connectivity index (χ3n) is 2.54. The molecule has 0 saturated heterocycles. The first kappa shape index (κ1) is 10.5. The second-order valence-electron chi connectivity index (χ2n) is 4.11. The van der Waals surface area contributed by atoms with E-state index in [-0.39, 0.29) is 0 Å². The normalized spacial score (nSPS) is 23.4. The molecular formula is C14H13NO. The van der Waals surface area contributed by atoms with Crippen molar-refractivity contribution in [3.8, 4) is 11.8 Å². The van der Waals surface area contributed by atoms with Crippen molar-refractivity contribution in [2.24, 2.45) is 5.41 Å². The molecule has 0 heterocycles. The number of para-hydroxylation sites is 1. The minimum absolute atomic E-state index is 0.446. The van der Waals surface area contributed by atoms with Crippen molar-refractivity contribution >= 4 is 0 Å². The van der Waals surface area contributed by atoms with Crippen LogP contribution in [0, 0.1) is 16.7 Å². The lowest BCUT2D eigenvalue weighted by Crippen LogP contribution is -2.16. The number of benzene rings is 1. The van der Waals surface area contributed by atoms with Gasteiger partial charge < -0.3 is 4.74 Å². The Morgan fingerprint density at radius 2 is 2.06 bits per heavy atom. The lowest BCUT2D eigenvalue weighted by atomic mass is 9.84. The first-order valence-corrected chi connectivity index (χ1v) is 5.24. The van der Waals surface area contributed by atoms with Gasteiger partial charge in [-0.15, -0.1) is 0 Å². The smallest absolute Gasteiger partial charge is 0.126 e. The largest absolute Gasteiger partial charge is 0.462 e. The minimum Gasteiger partial charge on any atom is -0.462 e. The standard InChI is InChI=1S/C14H13NO/c1-14(11-15)9-5-8-13(10-14)16-12-6-3-2-4-7-12/h2-9H,10H2,1H3/t14-/m1/s1. The van der Waals surface area contributed by atoms with Crippen molar-refractivity contribution < 1.29 is 4.74 Å². The summed E-state index contributed by atoms with van der Waals surface area (Å²) in [6, 6.07) is 11.9. The van der Waals surface area contributed by atoms with Gasteiger partial charge in [0.15, 0.2) is 0 Å². The van der Waals surface area contributed by atoms with E-state index in [1.807, 2.05) is 55.5 Å². The minimum atomic E-state index is -0.446. The SMILES string of the molecule is C[C@@]1(C#N)C=CC=C(Oc2ccccc2)C1. The van der Waals surface area contributed by atoms with E-state index in [0.717, 1.165) is 11.5 Å². The lowest BCUT2D eigenvalue weighted by molar-refractivity contribution is 0.360. The summed E-state index contributed by atoms with van der Waals surface area (Å²) in [6.07, 6.45) is 6.32. The predicted octanol–water partition coefficient (Wildman–Crippen LogP) is 3.44. The lowest BCUT2D eigenvalue weighted by Gasteiger charge is -2.22. The van der Waals surface area contributed by atoms with Crippen molar-refractivity contribution in [1.82, 2.24) is 0 Å². The van der Waals surface area contributed by atoms with Gasteiger partial charge in [-0.2, -0.15) is 5.26 Å². The summed E-state index contributed by atoms with van der Waals surface area (Å²) in [7, 11) is 0. The molecular weight excluding hydrogens is 198 g/mol. The van der Waals surface area contributed by atoms with Gasteiger partial charge in [0.05, 0.1) is 11.5 Å². The highest BCUT2D eigenvalue weighted by Gasteiger charge is 2.25. The maximum atomic E-state index is 9.05. The highest BCUT2D eigenvalue weighted by Crippen LogP contribution is 2.31. The van der Waals surface area contributed by atoms with Crippen molar-refractivity contribution in [1.29, 1.82) is 5.26 Å². The second-order valence-corrected chi connectivity index (χ2v) is 4.11. The Labute approximate surface area is 95.5 Å². The van der Waals surface area contributed by atoms with Gasteiger partial charge in [-0.3, -0.25) is 0 Å². The molecule has 2 heteroatoms. The molecule has 0 N–H and O–H groups in total. The van der Waals surface area contributed by atoms with Crippen LogP contribution in [0.5, 0.6) is 5.75 Å². The molecule has 0 amide bonds. The van der Waals surface area contributed by atoms with Crippen molar-refractivity contribution in [2.75, 3.05) is 0 Å². The molecule has 2 nitrogen and oxygen atoms in total. The Morgan fingerprint density at radius 1 is 1.31 bits per heavy atom. The van der Waals surface area contributed by atoms with Crippen LogP contribution < -0.4 is 4.74 Å². The van der Waals surface area contributed by atoms with Gasteiger partial charge >= 0.3 is 0 Å². The van der Waals surface area contributed by atoms with Gasteiger partial charge in [-0.25, -0.2) is 0 Å². The molecule has 0 spiro atoms. The maximum Gasteiger partial charge on any atom is 0.126 e. The fraction of sp³-hybridized carbons (Fsp3) is 0.214. The summed E-state index contributed by atoms with van der Waals surface area (Å²) < 4.78 is 5.71. The third kappa shape index (κ3) is 2.32. The van der Waals surface area contributed by atoms with Crippen LogP contribution in [0.2, 0.25) is 0 Å². The molecule has 0 radical (unpaired) electrons. The summed E-state index contributed by atoms with van der Waals surface area (Å²) in [4.78, 5) is 0. The van der Waals surface area contributed by atoms with Crippen LogP contribution in [0.15, 0.2) is 54.3 Å². The molecule has 0 bridgehead atoms. The molecule has 1 aromatic carbocycles. The van der Waals surface area contributed by atoms with Gasteiger partial charge in [0.1, 0.15) is 11.5 Å². The maximum absolute atomic E-state index is 9.05. The van der Waals surface area contributed by atoms with Gasteiger partial charge in [0.2, 0.25) is 0 Å². The van der Waals surface area contributed by atoms with Crippen LogP contribution in [0.1, 0.15) is 13.3 Å². The Hall–Kier alpha value is -2.01. The van der Waals surface area contributed by atoms with Crippen molar-refractivity contribution in [3.63, 3.8) is 0 Å². The highest BCUT2D eigenvalue weighted by atomic mass is 16.5. The Balaban J connectivity index is 2.11. The van der Waals surface area contributed by atoms with Crippen LogP contribution >= 0.6 is 0 Å². The fourth-order valence-electron chi connectivity index (χ4n) is 1.63. The van der Waals surface area contributed by atoms with Gasteiger partial charge in [0, 0.05) is 6.42 Å². The number of allylic oxidation sites excluding steroid dienone is 4. The van der Waals surface area contributed by atoms with Gasteiger partial charge in [-0.1, -0.05) is 30.4 Å². The summed E-state index contributed by atoms with van der Waals surface area (Å²) >= 11 is 0. The summed E-state index contributed by atoms with van der Waals surface area (Å²) in [6.45, 7) is 1.91. The molecule has 1 atom stereocenters. The highest BCUT2D eigenvalue weighted by molar-refractivity contribution is 5.29. The van der Waals surface area contributed by atoms with Gasteiger partial charge in [0.25, 0.3) is 0 Å². The van der Waals surface area contributed by atoms with E-state index in [9.17, 15) is 0 Å². The third-order valence-corrected chi connectivity index (χ3v) is 2.54. The zero-order valence-electron chi connectivity index (χ0n) is 9.18. The van der Waals surface area contributed by atoms with E-state index in [1.165, 1.54) is 0 Å². The average Bonchev–Trinajstić information content (AvgIpc) is 2.30. The van der Waals surface area contributed by atoms with E-state index in [4.69, 9.17) is 10.00 Å². The molecule has 80 valence electrons. The van der Waals surface area contributed by atoms with E-state index in [1.54, 1.807) is 0 Å². The summed E-state index contributed by atoms with van der Waals surface area (Å²) in [5, 5.41) is 9.05. The Kier molecular flexibility index (Phi) is 2.78. The predicted molar refractivity (Wildman–Crippen MR) is 62.6 cm³/mol. The van der Waals surface area contributed by atoms with Crippen molar-refractivity contribution in [3.05, 3.63) is 54.3 Å². The molecule has 16 heavy (non-hydrogen) atoms. The second kappa shape index (κ2) is 4.24. The topological polar surface area (TPSA) is 33.0 Å². The molecule has 0 aromatic heterocycles. The van der Waals surface area contributed by atoms with E-state index in [0.29, 0.717) is 6.42 Å². The average molecular weight is 211 g/mol. The molecule has 0 unspecified atom stereocenters. The van der Waals surface area contributed by atoms with Crippen LogP contribution in [0.4, 0.5) is 0 Å². The monoisotopic (exact) mass is 211 g/mol. The van der Waals surface area contributed by atoms with E-state index >= 15 is 0 Å². The molecule has 1 aliphatic carbocycles. The number of hydrogen-bond acceptors (Lipinski definition) is 2. The molecule has 1 aliphatic rings. The van der Waals surface area contributed by atoms with Crippen LogP contribution in [0.3, 0.4) is 0 Å². The number of nitriles is 1. The number of hydrogen-bond donors (Lipinski definition) is 0. The fourth-order valence-corrected chi connectivity index (χ4v) is 1.63. The number of nitrogens with zero attached hydrogens (tertiary/aromatic N) is 1. The first-order valence-electron chi connectivity index (χ1n) is 5.24. The van der Waals surface area contributed by atoms with Crippen LogP contribution in [0.25, 0.3) is 0 Å². The Morgan fingerprint density at radius 3 is 2.75 bits per heavy atom. The zero-order chi connectivity index (χ0) is 11.4. The summed E-state index contributed by atoms with van der Waals surface area (Å²) in [5.41, 5.74) is -0.446. The molecule has 0 saturated carbocycles. The van der Waals surface area contributed by atoms with E-state index < -0.39 is 5.41 Å². The Bertz CT molecular complexity index is 467. The number of ether oxygens (including phenoxy) is 1. The summed E-state index contributed by atoms with van der Waals surface area (Å²) in [5.74, 6) is 1.64. The van der Waals surface area contributed by atoms with Crippen LogP contribution in [-0.2, 0) is 0 Å². The van der Waals surface area contributed by atoms with Crippen molar-refractivity contribution in [2.45, 2.75) is 13.3 Å². The zero-order valence-corrected chi connectivity index (χ0v) is 9.18. The molecule has 1 aromatic rings. The van der Waals surface area contributed by atoms with Gasteiger partial charge in [-0.05, 0) is 25.1 Å². The molecule has 0 aliphatic heterocycles. The molecule has 2 rings (SSSR count). The van der Waals surface area contributed by atoms with Crippen LogP contribution in [-0.4, -0.2) is 0 Å². The quantitative estimate of drug-likeness (QED) is 0.750. The first-order chi connectivity index (χ1) is 7.72. The van der Waals surface area contributed by atoms with E-state index in [2.05, 4.69) is 6.07 Å². The molecule has 0 fully saturated rings.